The molecule has 19 heavy (non-hydrogen) atoms. The first-order valence-corrected chi connectivity index (χ1v) is 7.49. The maximum atomic E-state index is 6.23. The van der Waals surface area contributed by atoms with Crippen LogP contribution in [0.15, 0.2) is 53.0 Å². The summed E-state index contributed by atoms with van der Waals surface area (Å²) in [4.78, 5) is 0. The number of hydrogen-bond acceptors (Lipinski definition) is 1. The first-order valence-electron chi connectivity index (χ1n) is 6.69. The largest absolute Gasteiger partial charge is 0.327 e. The van der Waals surface area contributed by atoms with Gasteiger partial charge in [-0.3, -0.25) is 0 Å². The van der Waals surface area contributed by atoms with Gasteiger partial charge < -0.3 is 5.73 Å². The first kappa shape index (κ1) is 14.3. The highest BCUT2D eigenvalue weighted by molar-refractivity contribution is 9.10. The fourth-order valence-electron chi connectivity index (χ4n) is 2.16. The van der Waals surface area contributed by atoms with Crippen LogP contribution in [-0.4, -0.2) is 6.04 Å². The lowest BCUT2D eigenvalue weighted by atomic mass is 9.99. The third-order valence-corrected chi connectivity index (χ3v) is 4.14. The van der Waals surface area contributed by atoms with Crippen LogP contribution < -0.4 is 5.73 Å². The van der Waals surface area contributed by atoms with Gasteiger partial charge in [-0.1, -0.05) is 64.0 Å². The molecular weight excluding hydrogens is 298 g/mol. The zero-order valence-electron chi connectivity index (χ0n) is 11.3. The van der Waals surface area contributed by atoms with Crippen molar-refractivity contribution in [1.29, 1.82) is 0 Å². The SMILES string of the molecule is Cc1ccc(CCC(N)Cc2ccccc2Br)cc1. The highest BCUT2D eigenvalue weighted by Crippen LogP contribution is 2.18. The van der Waals surface area contributed by atoms with Crippen LogP contribution in [0.1, 0.15) is 23.1 Å². The average Bonchev–Trinajstić information content (AvgIpc) is 2.41. The van der Waals surface area contributed by atoms with Gasteiger partial charge in [0.2, 0.25) is 0 Å². The van der Waals surface area contributed by atoms with Crippen molar-refractivity contribution in [2.75, 3.05) is 0 Å². The Morgan fingerprint density at radius 3 is 2.42 bits per heavy atom. The Labute approximate surface area is 124 Å². The number of nitrogens with two attached hydrogens (primary N) is 1. The summed E-state index contributed by atoms with van der Waals surface area (Å²) in [6, 6.07) is 17.2. The number of rotatable bonds is 5. The van der Waals surface area contributed by atoms with Crippen LogP contribution in [0.25, 0.3) is 0 Å². The molecule has 2 aromatic carbocycles. The van der Waals surface area contributed by atoms with Gasteiger partial charge in [0.1, 0.15) is 0 Å². The Morgan fingerprint density at radius 2 is 1.74 bits per heavy atom. The van der Waals surface area contributed by atoms with Gasteiger partial charge in [-0.2, -0.15) is 0 Å². The molecule has 0 bridgehead atoms. The summed E-state index contributed by atoms with van der Waals surface area (Å²) in [6.07, 6.45) is 2.99. The zero-order valence-corrected chi connectivity index (χ0v) is 12.9. The third kappa shape index (κ3) is 4.48. The van der Waals surface area contributed by atoms with Gasteiger partial charge in [0, 0.05) is 10.5 Å². The van der Waals surface area contributed by atoms with E-state index >= 15 is 0 Å². The normalized spacial score (nSPS) is 12.4. The standard InChI is InChI=1S/C17H20BrN/c1-13-6-8-14(9-7-13)10-11-16(19)12-15-4-2-3-5-17(15)18/h2-9,16H,10-12,19H2,1H3. The van der Waals surface area contributed by atoms with Crippen LogP contribution in [0.5, 0.6) is 0 Å². The molecule has 2 N–H and O–H groups in total. The molecule has 0 aromatic heterocycles. The molecular formula is C17H20BrN. The fraction of sp³-hybridized carbons (Fsp3) is 0.294. The Hall–Kier alpha value is -1.12. The van der Waals surface area contributed by atoms with E-state index in [9.17, 15) is 0 Å². The minimum absolute atomic E-state index is 0.208. The minimum atomic E-state index is 0.208. The quantitative estimate of drug-likeness (QED) is 0.876. The smallest absolute Gasteiger partial charge is 0.0207 e. The van der Waals surface area contributed by atoms with Crippen LogP contribution in [0.4, 0.5) is 0 Å². The predicted molar refractivity (Wildman–Crippen MR) is 85.3 cm³/mol. The maximum Gasteiger partial charge on any atom is 0.0207 e. The molecule has 0 saturated heterocycles. The number of hydrogen-bond donors (Lipinski definition) is 1. The third-order valence-electron chi connectivity index (χ3n) is 3.36. The molecule has 0 spiro atoms. The molecule has 0 saturated carbocycles. The van der Waals surface area contributed by atoms with Crippen molar-refractivity contribution in [2.24, 2.45) is 5.73 Å². The van der Waals surface area contributed by atoms with E-state index in [1.807, 2.05) is 6.07 Å². The van der Waals surface area contributed by atoms with Crippen molar-refractivity contribution in [3.05, 3.63) is 69.7 Å². The molecule has 0 aliphatic rings. The number of aryl methyl sites for hydroxylation is 2. The van der Waals surface area contributed by atoms with Crippen molar-refractivity contribution in [1.82, 2.24) is 0 Å². The summed E-state index contributed by atoms with van der Waals surface area (Å²) in [5.41, 5.74) is 10.2. The Balaban J connectivity index is 1.86. The molecule has 1 unspecified atom stereocenters. The lowest BCUT2D eigenvalue weighted by Crippen LogP contribution is -2.23. The second kappa shape index (κ2) is 6.88. The van der Waals surface area contributed by atoms with E-state index < -0.39 is 0 Å². The van der Waals surface area contributed by atoms with E-state index in [1.54, 1.807) is 0 Å². The highest BCUT2D eigenvalue weighted by Gasteiger charge is 2.07. The molecule has 0 radical (unpaired) electrons. The summed E-state index contributed by atoms with van der Waals surface area (Å²) >= 11 is 3.57. The molecule has 0 heterocycles. The first-order chi connectivity index (χ1) is 9.15. The molecule has 100 valence electrons. The molecule has 2 heteroatoms. The fourth-order valence-corrected chi connectivity index (χ4v) is 2.60. The predicted octanol–water partition coefficient (Wildman–Crippen LogP) is 4.26. The second-order valence-electron chi connectivity index (χ2n) is 5.08. The zero-order chi connectivity index (χ0) is 13.7. The minimum Gasteiger partial charge on any atom is -0.327 e. The molecule has 1 atom stereocenters. The van der Waals surface area contributed by atoms with E-state index in [0.29, 0.717) is 0 Å². The Morgan fingerprint density at radius 1 is 1.05 bits per heavy atom. The van der Waals surface area contributed by atoms with Gasteiger partial charge in [0.25, 0.3) is 0 Å². The van der Waals surface area contributed by atoms with Crippen molar-refractivity contribution >= 4 is 15.9 Å². The molecule has 0 aliphatic carbocycles. The van der Waals surface area contributed by atoms with Crippen LogP contribution in [0, 0.1) is 6.92 Å². The molecule has 0 amide bonds. The summed E-state index contributed by atoms with van der Waals surface area (Å²) < 4.78 is 1.15. The summed E-state index contributed by atoms with van der Waals surface area (Å²) in [6.45, 7) is 2.11. The van der Waals surface area contributed by atoms with E-state index in [0.717, 1.165) is 23.7 Å². The number of halogens is 1. The van der Waals surface area contributed by atoms with Crippen LogP contribution in [-0.2, 0) is 12.8 Å². The van der Waals surface area contributed by atoms with Gasteiger partial charge in [0.05, 0.1) is 0 Å². The molecule has 2 aromatic rings. The molecule has 1 nitrogen and oxygen atoms in total. The van der Waals surface area contributed by atoms with Crippen molar-refractivity contribution in [3.63, 3.8) is 0 Å². The number of benzene rings is 2. The average molecular weight is 318 g/mol. The Kier molecular flexibility index (Phi) is 5.17. The highest BCUT2D eigenvalue weighted by atomic mass is 79.9. The van der Waals surface area contributed by atoms with Gasteiger partial charge in [0.15, 0.2) is 0 Å². The lowest BCUT2D eigenvalue weighted by molar-refractivity contribution is 0.609. The van der Waals surface area contributed by atoms with Gasteiger partial charge in [-0.05, 0) is 43.4 Å². The monoisotopic (exact) mass is 317 g/mol. The van der Waals surface area contributed by atoms with E-state index in [-0.39, 0.29) is 6.04 Å². The van der Waals surface area contributed by atoms with Gasteiger partial charge >= 0.3 is 0 Å². The van der Waals surface area contributed by atoms with Gasteiger partial charge in [-0.15, -0.1) is 0 Å². The second-order valence-corrected chi connectivity index (χ2v) is 5.93. The van der Waals surface area contributed by atoms with Crippen molar-refractivity contribution < 1.29 is 0 Å². The van der Waals surface area contributed by atoms with Gasteiger partial charge in [-0.25, -0.2) is 0 Å². The summed E-state index contributed by atoms with van der Waals surface area (Å²) in [5, 5.41) is 0. The molecule has 0 aliphatic heterocycles. The Bertz CT molecular complexity index is 519. The van der Waals surface area contributed by atoms with E-state index in [2.05, 4.69) is 65.3 Å². The van der Waals surface area contributed by atoms with Crippen LogP contribution in [0.2, 0.25) is 0 Å². The van der Waals surface area contributed by atoms with E-state index in [4.69, 9.17) is 5.73 Å². The molecule has 2 rings (SSSR count). The van der Waals surface area contributed by atoms with Crippen molar-refractivity contribution in [3.8, 4) is 0 Å². The summed E-state index contributed by atoms with van der Waals surface area (Å²) in [5.74, 6) is 0. The van der Waals surface area contributed by atoms with Crippen LogP contribution >= 0.6 is 15.9 Å². The topological polar surface area (TPSA) is 26.0 Å². The van der Waals surface area contributed by atoms with Crippen LogP contribution in [0.3, 0.4) is 0 Å². The maximum absolute atomic E-state index is 6.23. The summed E-state index contributed by atoms with van der Waals surface area (Å²) in [7, 11) is 0. The van der Waals surface area contributed by atoms with E-state index in [1.165, 1.54) is 16.7 Å². The lowest BCUT2D eigenvalue weighted by Gasteiger charge is -2.13. The molecule has 0 fully saturated rings. The van der Waals surface area contributed by atoms with Crippen molar-refractivity contribution in [2.45, 2.75) is 32.2 Å².